The summed E-state index contributed by atoms with van der Waals surface area (Å²) in [5.41, 5.74) is 7.56. The molecular formula is C11H16N2O2S. The molecule has 1 heterocycles. The molecule has 5 heteroatoms. The molecule has 1 saturated heterocycles. The summed E-state index contributed by atoms with van der Waals surface area (Å²) >= 11 is 0. The Hall–Kier alpha value is -1.07. The third-order valence-electron chi connectivity index (χ3n) is 2.89. The zero-order chi connectivity index (χ0) is 11.6. The quantitative estimate of drug-likeness (QED) is 0.797. The lowest BCUT2D eigenvalue weighted by molar-refractivity contribution is 0.447. The summed E-state index contributed by atoms with van der Waals surface area (Å²) in [6.45, 7) is 1.19. The summed E-state index contributed by atoms with van der Waals surface area (Å²) in [7, 11) is -2.98. The number of rotatable bonds is 3. The lowest BCUT2D eigenvalue weighted by Gasteiger charge is -2.14. The van der Waals surface area contributed by atoms with Gasteiger partial charge in [-0.25, -0.2) is 12.7 Å². The summed E-state index contributed by atoms with van der Waals surface area (Å²) < 4.78 is 24.7. The van der Waals surface area contributed by atoms with Gasteiger partial charge in [0, 0.05) is 18.8 Å². The molecule has 2 N–H and O–H groups in total. The van der Waals surface area contributed by atoms with Gasteiger partial charge >= 0.3 is 0 Å². The molecule has 0 saturated carbocycles. The molecule has 1 aliphatic heterocycles. The summed E-state index contributed by atoms with van der Waals surface area (Å²) in [5, 5.41) is 0. The number of hydrogen-bond donors (Lipinski definition) is 1. The van der Waals surface area contributed by atoms with E-state index >= 15 is 0 Å². The molecule has 1 fully saturated rings. The molecule has 4 nitrogen and oxygen atoms in total. The van der Waals surface area contributed by atoms with E-state index in [9.17, 15) is 8.42 Å². The average molecular weight is 240 g/mol. The highest BCUT2D eigenvalue weighted by atomic mass is 32.2. The molecular weight excluding hydrogens is 224 g/mol. The Morgan fingerprint density at radius 3 is 2.69 bits per heavy atom. The molecule has 1 aromatic carbocycles. The Morgan fingerprint density at radius 2 is 2.06 bits per heavy atom. The molecule has 0 aliphatic carbocycles. The van der Waals surface area contributed by atoms with Gasteiger partial charge in [-0.2, -0.15) is 0 Å². The van der Waals surface area contributed by atoms with E-state index in [4.69, 9.17) is 5.73 Å². The average Bonchev–Trinajstić information content (AvgIpc) is 2.57. The molecule has 0 amide bonds. The number of hydrogen-bond acceptors (Lipinski definition) is 3. The number of sulfonamides is 1. The van der Waals surface area contributed by atoms with Crippen LogP contribution in [0.3, 0.4) is 0 Å². The highest BCUT2D eigenvalue weighted by molar-refractivity contribution is 7.89. The summed E-state index contributed by atoms with van der Waals surface area (Å²) in [5.74, 6) is 0.289. The van der Waals surface area contributed by atoms with Crippen molar-refractivity contribution in [2.24, 2.45) is 0 Å². The Balaban J connectivity index is 2.01. The molecule has 0 spiro atoms. The van der Waals surface area contributed by atoms with E-state index < -0.39 is 10.0 Å². The van der Waals surface area contributed by atoms with Gasteiger partial charge in [0.2, 0.25) is 10.0 Å². The van der Waals surface area contributed by atoms with Crippen molar-refractivity contribution in [1.82, 2.24) is 4.31 Å². The highest BCUT2D eigenvalue weighted by Gasteiger charge is 2.27. The topological polar surface area (TPSA) is 63.4 Å². The van der Waals surface area contributed by atoms with Crippen molar-refractivity contribution in [1.29, 1.82) is 0 Å². The van der Waals surface area contributed by atoms with Gasteiger partial charge in [0.05, 0.1) is 5.75 Å². The Labute approximate surface area is 96.1 Å². The van der Waals surface area contributed by atoms with Crippen molar-refractivity contribution in [3.8, 4) is 0 Å². The number of benzene rings is 1. The van der Waals surface area contributed by atoms with Crippen LogP contribution in [0.15, 0.2) is 24.3 Å². The smallest absolute Gasteiger partial charge is 0.214 e. The lowest BCUT2D eigenvalue weighted by Crippen LogP contribution is -2.28. The molecule has 1 aliphatic rings. The predicted molar refractivity (Wildman–Crippen MR) is 64.5 cm³/mol. The fraction of sp³-hybridized carbons (Fsp3) is 0.455. The molecule has 1 aromatic rings. The van der Waals surface area contributed by atoms with Crippen molar-refractivity contribution in [2.75, 3.05) is 24.6 Å². The van der Waals surface area contributed by atoms with E-state index in [-0.39, 0.29) is 5.75 Å². The van der Waals surface area contributed by atoms with Gasteiger partial charge < -0.3 is 5.73 Å². The third kappa shape index (κ3) is 2.36. The second kappa shape index (κ2) is 4.43. The van der Waals surface area contributed by atoms with Gasteiger partial charge in [-0.15, -0.1) is 0 Å². The Morgan fingerprint density at radius 1 is 1.31 bits per heavy atom. The van der Waals surface area contributed by atoms with Gasteiger partial charge in [-0.1, -0.05) is 18.2 Å². The maximum atomic E-state index is 11.6. The second-order valence-corrected chi connectivity index (χ2v) is 6.11. The van der Waals surface area contributed by atoms with E-state index in [1.165, 1.54) is 0 Å². The number of nitrogens with two attached hydrogens (primary N) is 1. The first kappa shape index (κ1) is 11.4. The van der Waals surface area contributed by atoms with Crippen molar-refractivity contribution in [3.05, 3.63) is 29.8 Å². The van der Waals surface area contributed by atoms with Crippen LogP contribution in [-0.2, 0) is 16.4 Å². The minimum atomic E-state index is -2.98. The SMILES string of the molecule is Nc1ccccc1CCN1CCCS1(=O)=O. The van der Waals surface area contributed by atoms with Crippen LogP contribution in [0, 0.1) is 0 Å². The number of para-hydroxylation sites is 1. The molecule has 0 bridgehead atoms. The Bertz CT molecular complexity index is 471. The van der Waals surface area contributed by atoms with Gasteiger partial charge in [0.15, 0.2) is 0 Å². The van der Waals surface area contributed by atoms with Crippen LogP contribution in [0.5, 0.6) is 0 Å². The normalized spacial score (nSPS) is 20.0. The van der Waals surface area contributed by atoms with Gasteiger partial charge in [-0.05, 0) is 24.5 Å². The van der Waals surface area contributed by atoms with E-state index in [1.807, 2.05) is 24.3 Å². The second-order valence-electron chi connectivity index (χ2n) is 4.02. The van der Waals surface area contributed by atoms with Crippen LogP contribution < -0.4 is 5.73 Å². The molecule has 0 unspecified atom stereocenters. The van der Waals surface area contributed by atoms with Gasteiger partial charge in [0.25, 0.3) is 0 Å². The van der Waals surface area contributed by atoms with Crippen molar-refractivity contribution in [2.45, 2.75) is 12.8 Å². The summed E-state index contributed by atoms with van der Waals surface area (Å²) in [6, 6.07) is 7.58. The standard InChI is InChI=1S/C11H16N2O2S/c12-11-5-2-1-4-10(11)6-8-13-7-3-9-16(13,14)15/h1-2,4-5H,3,6-9,12H2. The van der Waals surface area contributed by atoms with E-state index in [1.54, 1.807) is 4.31 Å². The minimum Gasteiger partial charge on any atom is -0.399 e. The number of anilines is 1. The monoisotopic (exact) mass is 240 g/mol. The van der Waals surface area contributed by atoms with Crippen LogP contribution in [-0.4, -0.2) is 31.6 Å². The first-order valence-corrected chi connectivity index (χ1v) is 7.02. The van der Waals surface area contributed by atoms with Crippen molar-refractivity contribution < 1.29 is 8.42 Å². The maximum Gasteiger partial charge on any atom is 0.214 e. The van der Waals surface area contributed by atoms with E-state index in [0.29, 0.717) is 19.5 Å². The van der Waals surface area contributed by atoms with Crippen LogP contribution in [0.2, 0.25) is 0 Å². The first-order chi connectivity index (χ1) is 7.59. The van der Waals surface area contributed by atoms with Crippen molar-refractivity contribution >= 4 is 15.7 Å². The van der Waals surface area contributed by atoms with Gasteiger partial charge in [0.1, 0.15) is 0 Å². The highest BCUT2D eigenvalue weighted by Crippen LogP contribution is 2.16. The number of nitrogen functional groups attached to an aromatic ring is 1. The lowest BCUT2D eigenvalue weighted by atomic mass is 10.1. The van der Waals surface area contributed by atoms with E-state index in [2.05, 4.69) is 0 Å². The maximum absolute atomic E-state index is 11.6. The fourth-order valence-electron chi connectivity index (χ4n) is 1.95. The molecule has 16 heavy (non-hydrogen) atoms. The first-order valence-electron chi connectivity index (χ1n) is 5.41. The summed E-state index contributed by atoms with van der Waals surface area (Å²) in [4.78, 5) is 0. The predicted octanol–water partition coefficient (Wildman–Crippen LogP) is 0.847. The number of nitrogens with zero attached hydrogens (tertiary/aromatic N) is 1. The van der Waals surface area contributed by atoms with Crippen LogP contribution in [0.25, 0.3) is 0 Å². The molecule has 88 valence electrons. The zero-order valence-corrected chi connectivity index (χ0v) is 9.91. The molecule has 0 aromatic heterocycles. The van der Waals surface area contributed by atoms with Crippen LogP contribution >= 0.6 is 0 Å². The summed E-state index contributed by atoms with van der Waals surface area (Å²) in [6.07, 6.45) is 1.43. The van der Waals surface area contributed by atoms with Crippen LogP contribution in [0.4, 0.5) is 5.69 Å². The molecule has 2 rings (SSSR count). The van der Waals surface area contributed by atoms with E-state index in [0.717, 1.165) is 17.7 Å². The van der Waals surface area contributed by atoms with Crippen molar-refractivity contribution in [3.63, 3.8) is 0 Å². The molecule has 0 radical (unpaired) electrons. The largest absolute Gasteiger partial charge is 0.399 e. The minimum absolute atomic E-state index is 0.289. The Kier molecular flexibility index (Phi) is 3.16. The molecule has 0 atom stereocenters. The third-order valence-corrected chi connectivity index (χ3v) is 4.85. The fourth-order valence-corrected chi connectivity index (χ4v) is 3.48. The van der Waals surface area contributed by atoms with Gasteiger partial charge in [-0.3, -0.25) is 0 Å². The van der Waals surface area contributed by atoms with Crippen LogP contribution in [0.1, 0.15) is 12.0 Å². The zero-order valence-electron chi connectivity index (χ0n) is 9.09.